The van der Waals surface area contributed by atoms with E-state index in [4.69, 9.17) is 25.3 Å². The summed E-state index contributed by atoms with van der Waals surface area (Å²) in [7, 11) is -3.87. The summed E-state index contributed by atoms with van der Waals surface area (Å²) in [6.45, 7) is 2.49. The van der Waals surface area contributed by atoms with Crippen LogP contribution >= 0.6 is 11.6 Å². The first kappa shape index (κ1) is 23.9. The van der Waals surface area contributed by atoms with Crippen molar-refractivity contribution in [1.29, 1.82) is 0 Å². The van der Waals surface area contributed by atoms with Crippen LogP contribution in [0.15, 0.2) is 72.1 Å². The smallest absolute Gasteiger partial charge is 0.297 e. The quantitative estimate of drug-likeness (QED) is 0.392. The van der Waals surface area contributed by atoms with Gasteiger partial charge < -0.3 is 14.0 Å². The molecule has 1 aliphatic heterocycles. The zero-order valence-corrected chi connectivity index (χ0v) is 20.0. The minimum absolute atomic E-state index is 0.112. The van der Waals surface area contributed by atoms with Crippen molar-refractivity contribution in [3.63, 3.8) is 0 Å². The normalized spacial score (nSPS) is 20.8. The highest BCUT2D eigenvalue weighted by molar-refractivity contribution is 7.86. The highest BCUT2D eigenvalue weighted by atomic mass is 35.5. The zero-order valence-electron chi connectivity index (χ0n) is 18.4. The molecule has 2 unspecified atom stereocenters. The van der Waals surface area contributed by atoms with E-state index < -0.39 is 22.0 Å². The topological polar surface area (TPSA) is 79.7 Å². The number of rotatable bonds is 10. The predicted molar refractivity (Wildman–Crippen MR) is 124 cm³/mol. The van der Waals surface area contributed by atoms with Gasteiger partial charge in [-0.25, -0.2) is 4.98 Å². The zero-order chi connectivity index (χ0) is 23.3. The van der Waals surface area contributed by atoms with Crippen LogP contribution in [0.5, 0.6) is 0 Å². The summed E-state index contributed by atoms with van der Waals surface area (Å²) in [6.07, 6.45) is 7.06. The van der Waals surface area contributed by atoms with Gasteiger partial charge >= 0.3 is 0 Å². The van der Waals surface area contributed by atoms with Crippen LogP contribution in [0.3, 0.4) is 0 Å². The van der Waals surface area contributed by atoms with Gasteiger partial charge in [0.2, 0.25) is 0 Å². The number of hydrogen-bond donors (Lipinski definition) is 0. The molecule has 3 aromatic rings. The minimum atomic E-state index is -3.87. The summed E-state index contributed by atoms with van der Waals surface area (Å²) in [6, 6.07) is 14.3. The highest BCUT2D eigenvalue weighted by Crippen LogP contribution is 2.32. The van der Waals surface area contributed by atoms with Crippen LogP contribution in [0.1, 0.15) is 24.0 Å². The molecule has 7 nitrogen and oxygen atoms in total. The molecule has 1 fully saturated rings. The molecule has 4 rings (SSSR count). The molecule has 2 aromatic carbocycles. The summed E-state index contributed by atoms with van der Waals surface area (Å²) in [5.41, 5.74) is 2.16. The molecule has 9 heteroatoms. The van der Waals surface area contributed by atoms with Crippen LogP contribution in [-0.4, -0.2) is 43.1 Å². The van der Waals surface area contributed by atoms with Gasteiger partial charge in [0.15, 0.2) is 5.79 Å². The standard InChI is InChI=1S/C24H27ClN2O5S/c1-19-4-10-23(11-5-19)33(28,29)31-16-22-15-30-24(32-22,17-27-14-13-26-18-27)12-2-3-20-6-8-21(25)9-7-20/h4-11,13-14,18,22H,2-3,12,15-17H2,1H3. The van der Waals surface area contributed by atoms with Gasteiger partial charge in [0.05, 0.1) is 31.0 Å². The van der Waals surface area contributed by atoms with Crippen molar-refractivity contribution < 1.29 is 22.1 Å². The van der Waals surface area contributed by atoms with E-state index in [-0.39, 0.29) is 18.1 Å². The van der Waals surface area contributed by atoms with E-state index in [2.05, 4.69) is 4.98 Å². The van der Waals surface area contributed by atoms with Crippen LogP contribution in [0.2, 0.25) is 5.02 Å². The molecule has 33 heavy (non-hydrogen) atoms. The van der Waals surface area contributed by atoms with Crippen LogP contribution < -0.4 is 0 Å². The summed E-state index contributed by atoms with van der Waals surface area (Å²) < 4.78 is 44.6. The number of aryl methyl sites for hydroxylation is 2. The van der Waals surface area contributed by atoms with Crippen molar-refractivity contribution in [2.24, 2.45) is 0 Å². The van der Waals surface area contributed by atoms with E-state index in [0.29, 0.717) is 18.0 Å². The number of benzene rings is 2. The largest absolute Gasteiger partial charge is 0.345 e. The van der Waals surface area contributed by atoms with Crippen molar-refractivity contribution >= 4 is 21.7 Å². The Morgan fingerprint density at radius 1 is 1.18 bits per heavy atom. The Morgan fingerprint density at radius 2 is 1.94 bits per heavy atom. The van der Waals surface area contributed by atoms with Crippen molar-refractivity contribution in [3.05, 3.63) is 83.4 Å². The maximum absolute atomic E-state index is 12.5. The van der Waals surface area contributed by atoms with E-state index in [0.717, 1.165) is 18.4 Å². The van der Waals surface area contributed by atoms with Crippen molar-refractivity contribution in [3.8, 4) is 0 Å². The molecule has 0 bridgehead atoms. The molecule has 1 saturated heterocycles. The van der Waals surface area contributed by atoms with Gasteiger partial charge in [-0.1, -0.05) is 41.4 Å². The summed E-state index contributed by atoms with van der Waals surface area (Å²) in [5.74, 6) is -0.880. The van der Waals surface area contributed by atoms with Gasteiger partial charge in [-0.15, -0.1) is 0 Å². The second-order valence-electron chi connectivity index (χ2n) is 8.23. The second kappa shape index (κ2) is 10.4. The molecule has 1 aliphatic rings. The fourth-order valence-corrected chi connectivity index (χ4v) is 4.86. The molecule has 2 heterocycles. The molecule has 0 aliphatic carbocycles. The Bertz CT molecular complexity index is 1130. The SMILES string of the molecule is Cc1ccc(S(=O)(=O)OCC2COC(CCCc3ccc(Cl)cc3)(Cn3ccnc3)O2)cc1. The Kier molecular flexibility index (Phi) is 7.51. The fraction of sp³-hybridized carbons (Fsp3) is 0.375. The first-order valence-electron chi connectivity index (χ1n) is 10.8. The Morgan fingerprint density at radius 3 is 2.64 bits per heavy atom. The number of aromatic nitrogens is 2. The summed E-state index contributed by atoms with van der Waals surface area (Å²) in [4.78, 5) is 4.22. The first-order chi connectivity index (χ1) is 15.8. The molecular formula is C24H27ClN2O5S. The van der Waals surface area contributed by atoms with Gasteiger partial charge in [0, 0.05) is 23.8 Å². The highest BCUT2D eigenvalue weighted by Gasteiger charge is 2.42. The van der Waals surface area contributed by atoms with Crippen LogP contribution in [-0.2, 0) is 36.7 Å². The average molecular weight is 491 g/mol. The third-order valence-corrected chi connectivity index (χ3v) is 7.10. The molecule has 176 valence electrons. The predicted octanol–water partition coefficient (Wildman–Crippen LogP) is 4.39. The number of halogens is 1. The Balaban J connectivity index is 1.38. The Labute approximate surface area is 199 Å². The average Bonchev–Trinajstić information content (AvgIpc) is 3.45. The van der Waals surface area contributed by atoms with Crippen LogP contribution in [0.25, 0.3) is 0 Å². The number of imidazole rings is 1. The monoisotopic (exact) mass is 490 g/mol. The minimum Gasteiger partial charge on any atom is -0.345 e. The van der Waals surface area contributed by atoms with Crippen molar-refractivity contribution in [2.45, 2.75) is 49.5 Å². The Hall–Kier alpha value is -2.23. The third kappa shape index (κ3) is 6.43. The van der Waals surface area contributed by atoms with Gasteiger partial charge in [-0.2, -0.15) is 8.42 Å². The molecule has 0 radical (unpaired) electrons. The number of nitrogens with zero attached hydrogens (tertiary/aromatic N) is 2. The van der Waals surface area contributed by atoms with E-state index in [1.54, 1.807) is 24.7 Å². The maximum atomic E-state index is 12.5. The van der Waals surface area contributed by atoms with E-state index in [1.807, 2.05) is 42.0 Å². The lowest BCUT2D eigenvalue weighted by molar-refractivity contribution is -0.185. The fourth-order valence-electron chi connectivity index (χ4n) is 3.80. The van der Waals surface area contributed by atoms with E-state index >= 15 is 0 Å². The molecule has 0 saturated carbocycles. The molecule has 1 aromatic heterocycles. The lowest BCUT2D eigenvalue weighted by Gasteiger charge is -2.28. The number of ether oxygens (including phenoxy) is 2. The van der Waals surface area contributed by atoms with Crippen LogP contribution in [0, 0.1) is 6.92 Å². The van der Waals surface area contributed by atoms with Gasteiger partial charge in [0.25, 0.3) is 10.1 Å². The summed E-state index contributed by atoms with van der Waals surface area (Å²) >= 11 is 5.97. The van der Waals surface area contributed by atoms with Gasteiger partial charge in [-0.05, 0) is 49.6 Å². The third-order valence-electron chi connectivity index (χ3n) is 5.55. The molecule has 0 amide bonds. The molecule has 2 atom stereocenters. The lowest BCUT2D eigenvalue weighted by Crippen LogP contribution is -2.37. The van der Waals surface area contributed by atoms with E-state index in [9.17, 15) is 8.42 Å². The molecule has 0 N–H and O–H groups in total. The van der Waals surface area contributed by atoms with Crippen LogP contribution in [0.4, 0.5) is 0 Å². The van der Waals surface area contributed by atoms with Gasteiger partial charge in [0.1, 0.15) is 6.10 Å². The van der Waals surface area contributed by atoms with Crippen molar-refractivity contribution in [2.75, 3.05) is 13.2 Å². The maximum Gasteiger partial charge on any atom is 0.297 e. The van der Waals surface area contributed by atoms with E-state index in [1.165, 1.54) is 17.7 Å². The second-order valence-corrected chi connectivity index (χ2v) is 10.3. The molecular weight excluding hydrogens is 464 g/mol. The molecule has 0 spiro atoms. The van der Waals surface area contributed by atoms with Gasteiger partial charge in [-0.3, -0.25) is 4.18 Å². The summed E-state index contributed by atoms with van der Waals surface area (Å²) in [5, 5.41) is 0.709. The van der Waals surface area contributed by atoms with Crippen molar-refractivity contribution in [1.82, 2.24) is 9.55 Å². The number of hydrogen-bond acceptors (Lipinski definition) is 6. The lowest BCUT2D eigenvalue weighted by atomic mass is 10.0. The first-order valence-corrected chi connectivity index (χ1v) is 12.6.